The van der Waals surface area contributed by atoms with E-state index >= 15 is 0 Å². The molecule has 28 heavy (non-hydrogen) atoms. The molecular weight excluding hydrogens is 354 g/mol. The van der Waals surface area contributed by atoms with Crippen LogP contribution in [0.3, 0.4) is 0 Å². The summed E-state index contributed by atoms with van der Waals surface area (Å²) in [4.78, 5) is 29.3. The highest BCUT2D eigenvalue weighted by Gasteiger charge is 2.55. The van der Waals surface area contributed by atoms with Gasteiger partial charge < -0.3 is 15.3 Å². The summed E-state index contributed by atoms with van der Waals surface area (Å²) in [5, 5.41) is 13.0. The van der Waals surface area contributed by atoms with E-state index in [0.29, 0.717) is 18.7 Å². The van der Waals surface area contributed by atoms with E-state index < -0.39 is 0 Å². The maximum Gasteiger partial charge on any atom is 0.321 e. The van der Waals surface area contributed by atoms with Crippen molar-refractivity contribution in [2.45, 2.75) is 31.3 Å². The minimum Gasteiger partial charge on any atom is -0.394 e. The van der Waals surface area contributed by atoms with Gasteiger partial charge in [0, 0.05) is 30.3 Å². The maximum atomic E-state index is 13.1. The molecule has 0 aromatic heterocycles. The van der Waals surface area contributed by atoms with Gasteiger partial charge in [-0.3, -0.25) is 9.69 Å². The van der Waals surface area contributed by atoms with Gasteiger partial charge in [0.1, 0.15) is 0 Å². The predicted octanol–water partition coefficient (Wildman–Crippen LogP) is 2.60. The number of hydrogen-bond acceptors (Lipinski definition) is 3. The number of nitrogens with one attached hydrogen (secondary N) is 1. The van der Waals surface area contributed by atoms with Crippen LogP contribution in [-0.2, 0) is 0 Å². The van der Waals surface area contributed by atoms with Crippen LogP contribution in [0.4, 0.5) is 10.5 Å². The fourth-order valence-electron chi connectivity index (χ4n) is 4.42. The molecule has 1 fully saturated rings. The molecular formula is C22H25N3O3. The van der Waals surface area contributed by atoms with E-state index in [1.165, 1.54) is 0 Å². The molecule has 0 spiro atoms. The quantitative estimate of drug-likeness (QED) is 0.858. The number of aliphatic hydroxyl groups is 1. The highest BCUT2D eigenvalue weighted by Crippen LogP contribution is 2.48. The van der Waals surface area contributed by atoms with Crippen LogP contribution in [-0.4, -0.2) is 53.7 Å². The van der Waals surface area contributed by atoms with Crippen molar-refractivity contribution in [2.24, 2.45) is 0 Å². The Morgan fingerprint density at radius 1 is 1.11 bits per heavy atom. The van der Waals surface area contributed by atoms with Gasteiger partial charge in [-0.05, 0) is 30.2 Å². The second kappa shape index (κ2) is 7.64. The summed E-state index contributed by atoms with van der Waals surface area (Å²) in [6, 6.07) is 16.3. The Balaban J connectivity index is 1.67. The second-order valence-corrected chi connectivity index (χ2v) is 7.32. The van der Waals surface area contributed by atoms with E-state index in [-0.39, 0.29) is 36.5 Å². The third-order valence-corrected chi connectivity index (χ3v) is 5.71. The van der Waals surface area contributed by atoms with Gasteiger partial charge >= 0.3 is 6.03 Å². The van der Waals surface area contributed by atoms with E-state index in [1.54, 1.807) is 21.9 Å². The molecule has 2 aromatic carbocycles. The zero-order valence-electron chi connectivity index (χ0n) is 15.9. The number of urea groups is 1. The number of aliphatic hydroxyl groups excluding tert-OH is 1. The third-order valence-electron chi connectivity index (χ3n) is 5.71. The lowest BCUT2D eigenvalue weighted by Crippen LogP contribution is -2.71. The topological polar surface area (TPSA) is 72.9 Å². The molecule has 2 aliphatic heterocycles. The van der Waals surface area contributed by atoms with Crippen molar-refractivity contribution < 1.29 is 14.7 Å². The molecule has 0 radical (unpaired) electrons. The number of para-hydroxylation sites is 1. The fraction of sp³-hybridized carbons (Fsp3) is 0.364. The number of carbonyl (C=O) groups excluding carboxylic acids is 2. The standard InChI is InChI=1S/C22H25N3O3/c1-2-12-23-22(28)24-13-18-20(16-10-6-7-11-17(16)24)19(14-26)25(18)21(27)15-8-4-3-5-9-15/h3-11,18-20,26H,2,12-14H2,1H3,(H,23,28)/t18-,19+,20+/m1/s1. The highest BCUT2D eigenvalue weighted by atomic mass is 16.3. The Labute approximate surface area is 164 Å². The first-order valence-corrected chi connectivity index (χ1v) is 9.80. The number of fused-ring (bicyclic) bond motifs is 3. The number of rotatable bonds is 4. The number of likely N-dealkylation sites (tertiary alicyclic amines) is 1. The van der Waals surface area contributed by atoms with E-state index in [0.717, 1.165) is 17.7 Å². The average molecular weight is 379 g/mol. The molecule has 2 aliphatic rings. The Bertz CT molecular complexity index is 870. The smallest absolute Gasteiger partial charge is 0.321 e. The molecule has 4 rings (SSSR count). The second-order valence-electron chi connectivity index (χ2n) is 7.32. The van der Waals surface area contributed by atoms with Crippen molar-refractivity contribution in [2.75, 3.05) is 24.6 Å². The molecule has 0 saturated carbocycles. The van der Waals surface area contributed by atoms with Gasteiger partial charge in [0.25, 0.3) is 5.91 Å². The van der Waals surface area contributed by atoms with Crippen LogP contribution in [0.15, 0.2) is 54.6 Å². The van der Waals surface area contributed by atoms with E-state index in [1.807, 2.05) is 49.4 Å². The van der Waals surface area contributed by atoms with Crippen LogP contribution in [0, 0.1) is 0 Å². The van der Waals surface area contributed by atoms with E-state index in [2.05, 4.69) is 5.32 Å². The molecule has 3 amide bonds. The van der Waals surface area contributed by atoms with Gasteiger partial charge in [0.15, 0.2) is 0 Å². The summed E-state index contributed by atoms with van der Waals surface area (Å²) in [7, 11) is 0. The number of amides is 3. The van der Waals surface area contributed by atoms with Gasteiger partial charge in [0.05, 0.1) is 18.7 Å². The summed E-state index contributed by atoms with van der Waals surface area (Å²) in [6.07, 6.45) is 0.860. The summed E-state index contributed by atoms with van der Waals surface area (Å²) < 4.78 is 0. The summed E-state index contributed by atoms with van der Waals surface area (Å²) >= 11 is 0. The first-order valence-electron chi connectivity index (χ1n) is 9.80. The van der Waals surface area contributed by atoms with Crippen molar-refractivity contribution in [3.8, 4) is 0 Å². The van der Waals surface area contributed by atoms with Crippen molar-refractivity contribution in [3.05, 3.63) is 65.7 Å². The Kier molecular flexibility index (Phi) is 5.05. The van der Waals surface area contributed by atoms with Gasteiger partial charge in [-0.2, -0.15) is 0 Å². The highest BCUT2D eigenvalue weighted by molar-refractivity contribution is 5.97. The predicted molar refractivity (Wildman–Crippen MR) is 107 cm³/mol. The van der Waals surface area contributed by atoms with Gasteiger partial charge in [-0.25, -0.2) is 4.79 Å². The third kappa shape index (κ3) is 2.94. The van der Waals surface area contributed by atoms with Crippen LogP contribution in [0.1, 0.15) is 35.2 Å². The van der Waals surface area contributed by atoms with Crippen LogP contribution < -0.4 is 10.2 Å². The lowest BCUT2D eigenvalue weighted by Gasteiger charge is -2.58. The number of anilines is 1. The number of nitrogens with zero attached hydrogens (tertiary/aromatic N) is 2. The maximum absolute atomic E-state index is 13.1. The molecule has 6 heteroatoms. The number of hydrogen-bond donors (Lipinski definition) is 2. The molecule has 0 aliphatic carbocycles. The van der Waals surface area contributed by atoms with Crippen LogP contribution in [0.2, 0.25) is 0 Å². The first kappa shape index (κ1) is 18.5. The fourth-order valence-corrected chi connectivity index (χ4v) is 4.42. The largest absolute Gasteiger partial charge is 0.394 e. The Morgan fingerprint density at radius 2 is 1.82 bits per heavy atom. The summed E-state index contributed by atoms with van der Waals surface area (Å²) in [6.45, 7) is 2.94. The summed E-state index contributed by atoms with van der Waals surface area (Å²) in [5.74, 6) is -0.0710. The SMILES string of the molecule is CCCNC(=O)N1C[C@@H]2[C@H](c3ccccc31)[C@H](CO)N2C(=O)c1ccccc1. The molecule has 6 nitrogen and oxygen atoms in total. The first-order chi connectivity index (χ1) is 13.7. The minimum atomic E-state index is -0.278. The van der Waals surface area contributed by atoms with Crippen LogP contribution in [0.25, 0.3) is 0 Å². The van der Waals surface area contributed by atoms with Gasteiger partial charge in [0.2, 0.25) is 0 Å². The zero-order valence-corrected chi connectivity index (χ0v) is 15.9. The Morgan fingerprint density at radius 3 is 2.54 bits per heavy atom. The number of carbonyl (C=O) groups is 2. The van der Waals surface area contributed by atoms with Crippen molar-refractivity contribution >= 4 is 17.6 Å². The minimum absolute atomic E-state index is 0.0316. The molecule has 2 aromatic rings. The lowest BCUT2D eigenvalue weighted by atomic mass is 9.71. The summed E-state index contributed by atoms with van der Waals surface area (Å²) in [5.41, 5.74) is 2.48. The van der Waals surface area contributed by atoms with Gasteiger partial charge in [-0.15, -0.1) is 0 Å². The molecule has 0 bridgehead atoms. The monoisotopic (exact) mass is 379 g/mol. The molecule has 2 N–H and O–H groups in total. The molecule has 2 heterocycles. The molecule has 146 valence electrons. The van der Waals surface area contributed by atoms with E-state index in [9.17, 15) is 14.7 Å². The normalized spacial score (nSPS) is 22.7. The molecule has 3 atom stereocenters. The molecule has 0 unspecified atom stereocenters. The van der Waals surface area contributed by atoms with Crippen LogP contribution >= 0.6 is 0 Å². The average Bonchev–Trinajstić information content (AvgIpc) is 2.73. The van der Waals surface area contributed by atoms with Gasteiger partial charge in [-0.1, -0.05) is 43.3 Å². The molecule has 1 saturated heterocycles. The van der Waals surface area contributed by atoms with Crippen molar-refractivity contribution in [3.63, 3.8) is 0 Å². The zero-order chi connectivity index (χ0) is 19.7. The van der Waals surface area contributed by atoms with E-state index in [4.69, 9.17) is 0 Å². The van der Waals surface area contributed by atoms with Crippen LogP contribution in [0.5, 0.6) is 0 Å². The Hall–Kier alpha value is -2.86. The van der Waals surface area contributed by atoms with Crippen molar-refractivity contribution in [1.29, 1.82) is 0 Å². The number of benzene rings is 2. The van der Waals surface area contributed by atoms with Crippen molar-refractivity contribution in [1.82, 2.24) is 10.2 Å². The lowest BCUT2D eigenvalue weighted by molar-refractivity contribution is -0.0242.